The number of thiazole rings is 1. The summed E-state index contributed by atoms with van der Waals surface area (Å²) < 4.78 is 5.87. The summed E-state index contributed by atoms with van der Waals surface area (Å²) in [6.45, 7) is 10.6. The second kappa shape index (κ2) is 11.1. The third-order valence-electron chi connectivity index (χ3n) is 9.66. The number of likely N-dealkylation sites (N-methyl/N-ethyl adjacent to an activating group) is 1. The van der Waals surface area contributed by atoms with Crippen molar-refractivity contribution in [3.8, 4) is 11.3 Å². The number of aromatic nitrogens is 1. The quantitative estimate of drug-likeness (QED) is 0.513. The molecule has 4 heterocycles. The SMILES string of the molecule is CCC(C)(C)C(NC(=O)c1ccc(-c2csc(N3CCN(C)CC3)n2)cc1)C(=O)N1C[C@@H](C2CC2)[C@H]2OCC(=O)[C@H]21. The van der Waals surface area contributed by atoms with Gasteiger partial charge in [-0.3, -0.25) is 14.4 Å². The van der Waals surface area contributed by atoms with E-state index in [2.05, 4.69) is 27.5 Å². The van der Waals surface area contributed by atoms with E-state index in [4.69, 9.17) is 9.72 Å². The molecule has 3 aliphatic heterocycles. The van der Waals surface area contributed by atoms with Crippen LogP contribution in [0.3, 0.4) is 0 Å². The van der Waals surface area contributed by atoms with Gasteiger partial charge in [-0.2, -0.15) is 0 Å². The average molecular weight is 580 g/mol. The van der Waals surface area contributed by atoms with Crippen LogP contribution in [0.4, 0.5) is 5.13 Å². The van der Waals surface area contributed by atoms with Gasteiger partial charge in [0.15, 0.2) is 10.9 Å². The smallest absolute Gasteiger partial charge is 0.251 e. The van der Waals surface area contributed by atoms with Gasteiger partial charge in [0.25, 0.3) is 5.91 Å². The maximum absolute atomic E-state index is 14.1. The van der Waals surface area contributed by atoms with Crippen molar-refractivity contribution in [1.82, 2.24) is 20.1 Å². The molecule has 1 aromatic heterocycles. The summed E-state index contributed by atoms with van der Waals surface area (Å²) in [6.07, 6.45) is 2.74. The van der Waals surface area contributed by atoms with E-state index in [1.807, 2.05) is 32.9 Å². The number of ether oxygens (including phenoxy) is 1. The van der Waals surface area contributed by atoms with E-state index in [1.54, 1.807) is 28.4 Å². The number of piperazine rings is 1. The Bertz CT molecular complexity index is 1300. The van der Waals surface area contributed by atoms with Crippen molar-refractivity contribution in [1.29, 1.82) is 0 Å². The molecule has 0 radical (unpaired) electrons. The van der Waals surface area contributed by atoms with Crippen LogP contribution < -0.4 is 10.2 Å². The second-order valence-electron chi connectivity index (χ2n) is 12.8. The lowest BCUT2D eigenvalue weighted by Crippen LogP contribution is -2.57. The summed E-state index contributed by atoms with van der Waals surface area (Å²) in [5, 5.41) is 6.15. The van der Waals surface area contributed by atoms with Gasteiger partial charge in [0.1, 0.15) is 18.7 Å². The zero-order chi connectivity index (χ0) is 28.9. The molecule has 0 spiro atoms. The molecule has 4 fully saturated rings. The fourth-order valence-corrected chi connectivity index (χ4v) is 7.26. The Kier molecular flexibility index (Phi) is 7.67. The molecule has 41 heavy (non-hydrogen) atoms. The predicted molar refractivity (Wildman–Crippen MR) is 159 cm³/mol. The van der Waals surface area contributed by atoms with Gasteiger partial charge in [-0.05, 0) is 49.8 Å². The minimum Gasteiger partial charge on any atom is -0.367 e. The number of fused-ring (bicyclic) bond motifs is 1. The van der Waals surface area contributed by atoms with E-state index in [0.717, 1.165) is 55.4 Å². The van der Waals surface area contributed by atoms with Gasteiger partial charge in [-0.25, -0.2) is 4.98 Å². The molecule has 9 nitrogen and oxygen atoms in total. The van der Waals surface area contributed by atoms with Crippen molar-refractivity contribution in [3.63, 3.8) is 0 Å². The third-order valence-corrected chi connectivity index (χ3v) is 10.6. The van der Waals surface area contributed by atoms with Gasteiger partial charge in [-0.15, -0.1) is 11.3 Å². The number of ketones is 1. The number of nitrogens with one attached hydrogen (secondary N) is 1. The zero-order valence-corrected chi connectivity index (χ0v) is 25.3. The number of benzene rings is 1. The molecule has 2 aromatic rings. The van der Waals surface area contributed by atoms with Gasteiger partial charge in [0.2, 0.25) is 5.91 Å². The Morgan fingerprint density at radius 2 is 1.85 bits per heavy atom. The van der Waals surface area contributed by atoms with E-state index in [0.29, 0.717) is 24.4 Å². The van der Waals surface area contributed by atoms with Crippen LogP contribution in [0.15, 0.2) is 29.6 Å². The Hall–Kier alpha value is -2.82. The van der Waals surface area contributed by atoms with Crippen LogP contribution in [0.25, 0.3) is 11.3 Å². The molecule has 0 bridgehead atoms. The molecule has 1 unspecified atom stereocenters. The number of nitrogens with zero attached hydrogens (tertiary/aromatic N) is 4. The molecular weight excluding hydrogens is 538 g/mol. The zero-order valence-electron chi connectivity index (χ0n) is 24.5. The molecule has 3 saturated heterocycles. The molecule has 4 atom stereocenters. The molecule has 2 amide bonds. The summed E-state index contributed by atoms with van der Waals surface area (Å²) in [7, 11) is 2.14. The molecule has 1 aliphatic carbocycles. The topological polar surface area (TPSA) is 95.1 Å². The Balaban J connectivity index is 1.16. The number of hydrogen-bond donors (Lipinski definition) is 1. The highest BCUT2D eigenvalue weighted by Crippen LogP contribution is 2.46. The van der Waals surface area contributed by atoms with Gasteiger partial charge in [0.05, 0.1) is 11.8 Å². The Morgan fingerprint density at radius 1 is 1.15 bits per heavy atom. The van der Waals surface area contributed by atoms with E-state index in [1.165, 1.54) is 0 Å². The van der Waals surface area contributed by atoms with Crippen LogP contribution in [0.2, 0.25) is 0 Å². The number of carbonyl (C=O) groups is 3. The number of anilines is 1. The third kappa shape index (κ3) is 5.53. The summed E-state index contributed by atoms with van der Waals surface area (Å²) in [5.41, 5.74) is 1.84. The number of rotatable bonds is 8. The van der Waals surface area contributed by atoms with Crippen LogP contribution in [0.5, 0.6) is 0 Å². The van der Waals surface area contributed by atoms with E-state index < -0.39 is 17.5 Å². The van der Waals surface area contributed by atoms with E-state index >= 15 is 0 Å². The molecular formula is C31H41N5O4S. The normalized spacial score (nSPS) is 25.9. The first-order valence-corrected chi connectivity index (χ1v) is 15.8. The van der Waals surface area contributed by atoms with Gasteiger partial charge < -0.3 is 24.8 Å². The predicted octanol–water partition coefficient (Wildman–Crippen LogP) is 3.30. The molecule has 1 aromatic carbocycles. The standard InChI is InChI=1S/C31H41N5O4S/c1-5-31(2,3)27(29(39)36-16-22(19-6-7-19)26-25(36)24(37)17-40-26)33-28(38)21-10-8-20(9-11-21)23-18-41-30(32-23)35-14-12-34(4)13-15-35/h8-11,18-19,22,25-27H,5-7,12-17H2,1-4H3,(H,33,38)/t22-,25+,26+,27?/m0/s1. The van der Waals surface area contributed by atoms with Crippen molar-refractivity contribution in [3.05, 3.63) is 35.2 Å². The number of hydrogen-bond acceptors (Lipinski definition) is 8. The average Bonchev–Trinajstić information content (AvgIpc) is 3.38. The maximum atomic E-state index is 14.1. The van der Waals surface area contributed by atoms with E-state index in [9.17, 15) is 14.4 Å². The monoisotopic (exact) mass is 579 g/mol. The van der Waals surface area contributed by atoms with Crippen molar-refractivity contribution < 1.29 is 19.1 Å². The highest BCUT2D eigenvalue weighted by atomic mass is 32.1. The second-order valence-corrected chi connectivity index (χ2v) is 13.6. The van der Waals surface area contributed by atoms with Crippen LogP contribution in [0.1, 0.15) is 50.4 Å². The maximum Gasteiger partial charge on any atom is 0.251 e. The number of amides is 2. The highest BCUT2D eigenvalue weighted by molar-refractivity contribution is 7.14. The van der Waals surface area contributed by atoms with Gasteiger partial charge in [-0.1, -0.05) is 32.9 Å². The Morgan fingerprint density at radius 3 is 2.51 bits per heavy atom. The molecule has 10 heteroatoms. The lowest BCUT2D eigenvalue weighted by Gasteiger charge is -2.36. The Labute approximate surface area is 246 Å². The van der Waals surface area contributed by atoms with Crippen LogP contribution in [0, 0.1) is 17.3 Å². The summed E-state index contributed by atoms with van der Waals surface area (Å²) in [6, 6.07) is 6.13. The molecule has 6 rings (SSSR count). The van der Waals surface area contributed by atoms with Crippen LogP contribution in [-0.2, 0) is 14.3 Å². The number of Topliss-reactive ketones (excluding diaryl/α,β-unsaturated/α-hetero) is 1. The first-order chi connectivity index (χ1) is 19.7. The summed E-state index contributed by atoms with van der Waals surface area (Å²) >= 11 is 1.65. The lowest BCUT2D eigenvalue weighted by atomic mass is 9.80. The number of carbonyl (C=O) groups excluding carboxylic acids is 3. The van der Waals surface area contributed by atoms with Crippen LogP contribution >= 0.6 is 11.3 Å². The van der Waals surface area contributed by atoms with Gasteiger partial charge >= 0.3 is 0 Å². The minimum absolute atomic E-state index is 0.0284. The number of likely N-dealkylation sites (tertiary alicyclic amines) is 1. The summed E-state index contributed by atoms with van der Waals surface area (Å²) in [5.74, 6) is 0.215. The molecule has 1 N–H and O–H groups in total. The lowest BCUT2D eigenvalue weighted by molar-refractivity contribution is -0.140. The largest absolute Gasteiger partial charge is 0.367 e. The summed E-state index contributed by atoms with van der Waals surface area (Å²) in [4.78, 5) is 51.6. The molecule has 4 aliphatic rings. The fourth-order valence-electron chi connectivity index (χ4n) is 6.37. The van der Waals surface area contributed by atoms with Crippen molar-refractivity contribution in [2.45, 2.75) is 58.2 Å². The highest BCUT2D eigenvalue weighted by Gasteiger charge is 2.57. The molecule has 220 valence electrons. The van der Waals surface area contributed by atoms with Crippen molar-refractivity contribution in [2.24, 2.45) is 17.3 Å². The first kappa shape index (κ1) is 28.3. The van der Waals surface area contributed by atoms with Crippen LogP contribution in [-0.4, -0.2) is 96.9 Å². The minimum atomic E-state index is -0.753. The molecule has 1 saturated carbocycles. The first-order valence-electron chi connectivity index (χ1n) is 14.9. The fraction of sp³-hybridized carbons (Fsp3) is 0.613. The van der Waals surface area contributed by atoms with Gasteiger partial charge in [0, 0.05) is 55.1 Å². The van der Waals surface area contributed by atoms with E-state index in [-0.39, 0.29) is 36.2 Å². The van der Waals surface area contributed by atoms with Crippen molar-refractivity contribution >= 4 is 34.1 Å². The van der Waals surface area contributed by atoms with Crippen molar-refractivity contribution in [2.75, 3.05) is 51.3 Å².